The molecule has 0 aliphatic carbocycles. The second-order valence-corrected chi connectivity index (χ2v) is 5.02. The lowest BCUT2D eigenvalue weighted by atomic mass is 10.0. The number of fused-ring (bicyclic) bond motifs is 1. The van der Waals surface area contributed by atoms with Crippen molar-refractivity contribution in [2.45, 2.75) is 26.3 Å². The molecule has 0 aliphatic heterocycles. The van der Waals surface area contributed by atoms with E-state index in [9.17, 15) is 9.59 Å². The van der Waals surface area contributed by atoms with Crippen molar-refractivity contribution in [3.63, 3.8) is 0 Å². The zero-order valence-corrected chi connectivity index (χ0v) is 11.5. The number of carbonyl (C=O) groups excluding carboxylic acids is 2. The molecule has 0 aliphatic rings. The molecule has 0 bridgehead atoms. The van der Waals surface area contributed by atoms with E-state index < -0.39 is 11.9 Å². The summed E-state index contributed by atoms with van der Waals surface area (Å²) in [4.78, 5) is 31.3. The third-order valence-electron chi connectivity index (χ3n) is 2.84. The van der Waals surface area contributed by atoms with Crippen molar-refractivity contribution >= 4 is 23.2 Å². The van der Waals surface area contributed by atoms with Gasteiger partial charge in [-0.1, -0.05) is 26.0 Å². The number of amides is 1. The average Bonchev–Trinajstić information content (AvgIpc) is 2.45. The predicted molar refractivity (Wildman–Crippen MR) is 75.9 cm³/mol. The van der Waals surface area contributed by atoms with E-state index in [1.807, 2.05) is 38.3 Å². The van der Waals surface area contributed by atoms with E-state index in [4.69, 9.17) is 0 Å². The van der Waals surface area contributed by atoms with Gasteiger partial charge < -0.3 is 5.32 Å². The Kier molecular flexibility index (Phi) is 4.40. The molecule has 0 unspecified atom stereocenters. The summed E-state index contributed by atoms with van der Waals surface area (Å²) in [5, 5.41) is 2.61. The third-order valence-corrected chi connectivity index (χ3v) is 2.84. The van der Waals surface area contributed by atoms with Gasteiger partial charge in [0.1, 0.15) is 5.69 Å². The van der Waals surface area contributed by atoms with Crippen LogP contribution >= 0.6 is 0 Å². The number of aromatic nitrogens is 2. The molecule has 5 nitrogen and oxygen atoms in total. The Bertz CT molecular complexity index is 625. The molecule has 5 heteroatoms. The summed E-state index contributed by atoms with van der Waals surface area (Å²) in [5.41, 5.74) is 1.58. The number of nitrogens with one attached hydrogen (secondary N) is 1. The number of nitrogens with zero attached hydrogens (tertiary/aromatic N) is 2. The van der Waals surface area contributed by atoms with Crippen molar-refractivity contribution in [1.82, 2.24) is 15.3 Å². The van der Waals surface area contributed by atoms with Crippen molar-refractivity contribution in [3.05, 3.63) is 36.2 Å². The van der Waals surface area contributed by atoms with Crippen LogP contribution in [0.4, 0.5) is 0 Å². The molecule has 1 amide bonds. The van der Waals surface area contributed by atoms with Crippen LogP contribution in [0.1, 0.15) is 30.8 Å². The highest BCUT2D eigenvalue weighted by atomic mass is 16.2. The summed E-state index contributed by atoms with van der Waals surface area (Å²) in [6, 6.07) is 6.69. The van der Waals surface area contributed by atoms with E-state index in [0.717, 1.165) is 5.52 Å². The summed E-state index contributed by atoms with van der Waals surface area (Å²) in [5.74, 6) is -0.110. The Morgan fingerprint density at radius 1 is 1.30 bits per heavy atom. The van der Waals surface area contributed by atoms with Crippen molar-refractivity contribution in [1.29, 1.82) is 0 Å². The standard InChI is InChI=1S/C15H16N3O2/c1-10(2)7-11(9-19)17-15(20)14-8-16-12-5-3-4-6-13(12)18-14/h3-6,8,10-11H,7H2,1-2H3,(H,17,20)/t11-/m0/s1. The van der Waals surface area contributed by atoms with Gasteiger partial charge in [-0.3, -0.25) is 14.6 Å². The number of carbonyl (C=O) groups is 1. The van der Waals surface area contributed by atoms with E-state index in [0.29, 0.717) is 17.9 Å². The van der Waals surface area contributed by atoms with E-state index in [-0.39, 0.29) is 5.69 Å². The first-order valence-corrected chi connectivity index (χ1v) is 6.50. The number of hydrogen-bond donors (Lipinski definition) is 1. The van der Waals surface area contributed by atoms with Gasteiger partial charge in [0.05, 0.1) is 23.3 Å². The van der Waals surface area contributed by atoms with Gasteiger partial charge >= 0.3 is 0 Å². The van der Waals surface area contributed by atoms with Gasteiger partial charge in [0.2, 0.25) is 6.29 Å². The molecule has 1 aromatic heterocycles. The second kappa shape index (κ2) is 6.23. The Morgan fingerprint density at radius 2 is 2.00 bits per heavy atom. The molecular formula is C15H16N3O2. The topological polar surface area (TPSA) is 72.0 Å². The predicted octanol–water partition coefficient (Wildman–Crippen LogP) is 1.88. The number of rotatable bonds is 5. The maximum Gasteiger partial charge on any atom is 0.272 e. The molecule has 1 N–H and O–H groups in total. The number of para-hydroxylation sites is 2. The van der Waals surface area contributed by atoms with Gasteiger partial charge in [-0.15, -0.1) is 0 Å². The zero-order chi connectivity index (χ0) is 14.5. The molecular weight excluding hydrogens is 254 g/mol. The lowest BCUT2D eigenvalue weighted by Gasteiger charge is -2.13. The quantitative estimate of drug-likeness (QED) is 0.900. The summed E-state index contributed by atoms with van der Waals surface area (Å²) in [7, 11) is 0. The Balaban J connectivity index is 2.16. The molecule has 0 saturated carbocycles. The first kappa shape index (κ1) is 14.1. The normalized spacial score (nSPS) is 12.3. The van der Waals surface area contributed by atoms with Gasteiger partial charge in [0.15, 0.2) is 0 Å². The fourth-order valence-corrected chi connectivity index (χ4v) is 1.91. The van der Waals surface area contributed by atoms with Crippen LogP contribution in [0.25, 0.3) is 11.0 Å². The van der Waals surface area contributed by atoms with E-state index in [1.54, 1.807) is 6.07 Å². The second-order valence-electron chi connectivity index (χ2n) is 5.02. The minimum atomic E-state index is -0.615. The van der Waals surface area contributed by atoms with E-state index >= 15 is 0 Å². The van der Waals surface area contributed by atoms with Crippen molar-refractivity contribution < 1.29 is 9.59 Å². The molecule has 1 heterocycles. The van der Waals surface area contributed by atoms with Gasteiger partial charge in [-0.25, -0.2) is 4.98 Å². The monoisotopic (exact) mass is 270 g/mol. The molecule has 1 atom stereocenters. The molecule has 0 fully saturated rings. The first-order valence-electron chi connectivity index (χ1n) is 6.50. The SMILES string of the molecule is CC(C)C[C@@H]([C]=O)NC(=O)c1cnc2ccccc2n1. The number of hydrogen-bond acceptors (Lipinski definition) is 4. The van der Waals surface area contributed by atoms with Crippen LogP contribution in [0.5, 0.6) is 0 Å². The average molecular weight is 270 g/mol. The van der Waals surface area contributed by atoms with Gasteiger partial charge in [-0.2, -0.15) is 0 Å². The highest BCUT2D eigenvalue weighted by Gasteiger charge is 2.16. The molecule has 0 spiro atoms. The summed E-state index contributed by atoms with van der Waals surface area (Å²) in [6.07, 6.45) is 3.80. The van der Waals surface area contributed by atoms with Gasteiger partial charge in [0, 0.05) is 0 Å². The highest BCUT2D eigenvalue weighted by molar-refractivity contribution is 5.95. The first-order chi connectivity index (χ1) is 9.60. The minimum Gasteiger partial charge on any atom is -0.340 e. The zero-order valence-electron chi connectivity index (χ0n) is 11.5. The molecule has 2 aromatic rings. The smallest absolute Gasteiger partial charge is 0.272 e. The lowest BCUT2D eigenvalue weighted by Crippen LogP contribution is -2.37. The Morgan fingerprint density at radius 3 is 2.65 bits per heavy atom. The van der Waals surface area contributed by atoms with E-state index in [1.165, 1.54) is 6.20 Å². The largest absolute Gasteiger partial charge is 0.340 e. The van der Waals surface area contributed by atoms with Crippen LogP contribution < -0.4 is 5.32 Å². The van der Waals surface area contributed by atoms with Crippen LogP contribution in [0.2, 0.25) is 0 Å². The van der Waals surface area contributed by atoms with Crippen LogP contribution in [0.15, 0.2) is 30.5 Å². The van der Waals surface area contributed by atoms with Gasteiger partial charge in [0.25, 0.3) is 5.91 Å². The van der Waals surface area contributed by atoms with Crippen LogP contribution in [0, 0.1) is 5.92 Å². The molecule has 1 aromatic carbocycles. The highest BCUT2D eigenvalue weighted by Crippen LogP contribution is 2.09. The summed E-state index contributed by atoms with van der Waals surface area (Å²) in [6.45, 7) is 3.96. The third kappa shape index (κ3) is 3.38. The molecule has 103 valence electrons. The van der Waals surface area contributed by atoms with Crippen LogP contribution in [-0.4, -0.2) is 28.2 Å². The maximum absolute atomic E-state index is 12.0. The van der Waals surface area contributed by atoms with Crippen molar-refractivity contribution in [2.24, 2.45) is 5.92 Å². The number of benzene rings is 1. The Hall–Kier alpha value is -2.30. The minimum absolute atomic E-state index is 0.202. The fourth-order valence-electron chi connectivity index (χ4n) is 1.91. The van der Waals surface area contributed by atoms with Gasteiger partial charge in [-0.05, 0) is 24.5 Å². The van der Waals surface area contributed by atoms with Crippen molar-refractivity contribution in [3.8, 4) is 0 Å². The summed E-state index contributed by atoms with van der Waals surface area (Å²) >= 11 is 0. The summed E-state index contributed by atoms with van der Waals surface area (Å²) < 4.78 is 0. The lowest BCUT2D eigenvalue weighted by molar-refractivity contribution is 0.0938. The van der Waals surface area contributed by atoms with Crippen molar-refractivity contribution in [2.75, 3.05) is 0 Å². The molecule has 2 rings (SSSR count). The molecule has 1 radical (unpaired) electrons. The van der Waals surface area contributed by atoms with E-state index in [2.05, 4.69) is 15.3 Å². The van der Waals surface area contributed by atoms with Crippen LogP contribution in [0.3, 0.4) is 0 Å². The molecule has 0 saturated heterocycles. The molecule has 20 heavy (non-hydrogen) atoms. The maximum atomic E-state index is 12.0. The Labute approximate surface area is 117 Å². The van der Waals surface area contributed by atoms with Crippen LogP contribution in [-0.2, 0) is 4.79 Å². The fraction of sp³-hybridized carbons (Fsp3) is 0.333.